The molecule has 6 heteroatoms. The molecular weight excluding hydrogens is 400 g/mol. The summed E-state index contributed by atoms with van der Waals surface area (Å²) in [7, 11) is 0. The third-order valence-electron chi connectivity index (χ3n) is 3.57. The molecular formula is C19H15BrN2O2S. The van der Waals surface area contributed by atoms with Crippen molar-refractivity contribution in [3.8, 4) is 11.3 Å². The quantitative estimate of drug-likeness (QED) is 0.565. The maximum absolute atomic E-state index is 12.1. The van der Waals surface area contributed by atoms with Crippen LogP contribution in [0.25, 0.3) is 11.3 Å². The first-order valence-corrected chi connectivity index (χ1v) is 9.38. The van der Waals surface area contributed by atoms with E-state index in [0.29, 0.717) is 10.7 Å². The highest BCUT2D eigenvalue weighted by Crippen LogP contribution is 2.24. The van der Waals surface area contributed by atoms with Gasteiger partial charge in [-0.15, -0.1) is 11.3 Å². The van der Waals surface area contributed by atoms with Crippen molar-refractivity contribution in [1.82, 2.24) is 4.98 Å². The second kappa shape index (κ2) is 8.18. The van der Waals surface area contributed by atoms with E-state index in [1.165, 1.54) is 11.3 Å². The Hall–Kier alpha value is -2.31. The number of carbonyl (C=O) groups excluding carboxylic acids is 2. The van der Waals surface area contributed by atoms with Gasteiger partial charge in [0.25, 0.3) is 0 Å². The number of carbonyl (C=O) groups is 2. The van der Waals surface area contributed by atoms with Crippen molar-refractivity contribution < 1.29 is 9.59 Å². The first-order chi connectivity index (χ1) is 12.1. The Morgan fingerprint density at radius 1 is 1.00 bits per heavy atom. The number of hydrogen-bond donors (Lipinski definition) is 1. The first-order valence-electron chi connectivity index (χ1n) is 7.71. The Labute approximate surface area is 158 Å². The number of halogens is 1. The second-order valence-corrected chi connectivity index (χ2v) is 7.16. The average molecular weight is 415 g/mol. The molecule has 1 amide bonds. The molecule has 0 aliphatic rings. The maximum Gasteiger partial charge on any atom is 0.226 e. The molecule has 0 bridgehead atoms. The van der Waals surface area contributed by atoms with Gasteiger partial charge in [-0.1, -0.05) is 58.4 Å². The smallest absolute Gasteiger partial charge is 0.226 e. The van der Waals surface area contributed by atoms with Gasteiger partial charge in [-0.25, -0.2) is 4.98 Å². The molecule has 0 saturated carbocycles. The number of amides is 1. The van der Waals surface area contributed by atoms with Crippen molar-refractivity contribution in [2.45, 2.75) is 12.8 Å². The fourth-order valence-electron chi connectivity index (χ4n) is 2.26. The Bertz CT molecular complexity index is 876. The van der Waals surface area contributed by atoms with E-state index in [9.17, 15) is 9.59 Å². The van der Waals surface area contributed by atoms with E-state index in [-0.39, 0.29) is 24.5 Å². The summed E-state index contributed by atoms with van der Waals surface area (Å²) in [5.74, 6) is -0.258. The van der Waals surface area contributed by atoms with Crippen LogP contribution < -0.4 is 5.32 Å². The van der Waals surface area contributed by atoms with Crippen LogP contribution in [0.2, 0.25) is 0 Å². The van der Waals surface area contributed by atoms with Gasteiger partial charge < -0.3 is 5.32 Å². The van der Waals surface area contributed by atoms with E-state index in [0.717, 1.165) is 15.7 Å². The van der Waals surface area contributed by atoms with Crippen LogP contribution in [0.15, 0.2) is 64.5 Å². The molecule has 0 saturated heterocycles. The zero-order chi connectivity index (χ0) is 17.6. The minimum Gasteiger partial charge on any atom is -0.302 e. The monoisotopic (exact) mass is 414 g/mol. The molecule has 1 heterocycles. The van der Waals surface area contributed by atoms with Gasteiger partial charge in [-0.2, -0.15) is 0 Å². The van der Waals surface area contributed by atoms with E-state index in [1.807, 2.05) is 47.8 Å². The zero-order valence-corrected chi connectivity index (χ0v) is 15.6. The lowest BCUT2D eigenvalue weighted by Gasteiger charge is -2.02. The summed E-state index contributed by atoms with van der Waals surface area (Å²) in [6.07, 6.45) is 0.305. The molecule has 0 aliphatic carbocycles. The Balaban J connectivity index is 1.54. The molecule has 0 fully saturated rings. The number of hydrogen-bond acceptors (Lipinski definition) is 4. The number of thiazole rings is 1. The number of nitrogens with zero attached hydrogens (tertiary/aromatic N) is 1. The topological polar surface area (TPSA) is 59.1 Å². The maximum atomic E-state index is 12.1. The molecule has 3 rings (SSSR count). The van der Waals surface area contributed by atoms with Crippen molar-refractivity contribution in [3.05, 3.63) is 70.0 Å². The van der Waals surface area contributed by atoms with Crippen LogP contribution in [-0.4, -0.2) is 16.7 Å². The van der Waals surface area contributed by atoms with Gasteiger partial charge in [0.1, 0.15) is 0 Å². The lowest BCUT2D eigenvalue weighted by Crippen LogP contribution is -2.13. The Morgan fingerprint density at radius 2 is 1.72 bits per heavy atom. The summed E-state index contributed by atoms with van der Waals surface area (Å²) in [5, 5.41) is 5.20. The molecule has 0 radical (unpaired) electrons. The molecule has 0 spiro atoms. The molecule has 1 aromatic heterocycles. The van der Waals surface area contributed by atoms with Crippen molar-refractivity contribution in [2.24, 2.45) is 0 Å². The number of rotatable bonds is 6. The van der Waals surface area contributed by atoms with Crippen LogP contribution in [-0.2, 0) is 4.79 Å². The minimum atomic E-state index is -0.209. The van der Waals surface area contributed by atoms with Gasteiger partial charge in [-0.3, -0.25) is 9.59 Å². The van der Waals surface area contributed by atoms with Crippen molar-refractivity contribution in [2.75, 3.05) is 5.32 Å². The molecule has 3 aromatic rings. The molecule has 1 N–H and O–H groups in total. The molecule has 0 aliphatic heterocycles. The lowest BCUT2D eigenvalue weighted by molar-refractivity contribution is -0.116. The number of ketones is 1. The SMILES string of the molecule is O=C(CCC(=O)c1ccc(Br)cc1)Nc1nc(-c2ccccc2)cs1. The summed E-state index contributed by atoms with van der Waals surface area (Å²) in [4.78, 5) is 28.5. The summed E-state index contributed by atoms with van der Waals surface area (Å²) in [6.45, 7) is 0. The average Bonchev–Trinajstić information content (AvgIpc) is 3.09. The van der Waals surface area contributed by atoms with Crippen LogP contribution in [0.3, 0.4) is 0 Å². The van der Waals surface area contributed by atoms with Crippen LogP contribution in [0.5, 0.6) is 0 Å². The number of anilines is 1. The van der Waals surface area contributed by atoms with E-state index in [2.05, 4.69) is 26.2 Å². The number of nitrogens with one attached hydrogen (secondary N) is 1. The van der Waals surface area contributed by atoms with Crippen LogP contribution >= 0.6 is 27.3 Å². The van der Waals surface area contributed by atoms with Gasteiger partial charge in [0.05, 0.1) is 5.69 Å². The zero-order valence-electron chi connectivity index (χ0n) is 13.2. The highest BCUT2D eigenvalue weighted by Gasteiger charge is 2.11. The standard InChI is InChI=1S/C19H15BrN2O2S/c20-15-8-6-14(7-9-15)17(23)10-11-18(24)22-19-21-16(12-25-19)13-4-2-1-3-5-13/h1-9,12H,10-11H2,(H,21,22,24). The van der Waals surface area contributed by atoms with Gasteiger partial charge in [0.2, 0.25) is 5.91 Å². The van der Waals surface area contributed by atoms with Crippen molar-refractivity contribution >= 4 is 44.1 Å². The first kappa shape index (κ1) is 17.5. The summed E-state index contributed by atoms with van der Waals surface area (Å²) < 4.78 is 0.916. The van der Waals surface area contributed by atoms with Gasteiger partial charge in [0.15, 0.2) is 10.9 Å². The molecule has 0 atom stereocenters. The van der Waals surface area contributed by atoms with Crippen LogP contribution in [0.4, 0.5) is 5.13 Å². The second-order valence-electron chi connectivity index (χ2n) is 5.38. The number of aromatic nitrogens is 1. The molecule has 0 unspecified atom stereocenters. The fourth-order valence-corrected chi connectivity index (χ4v) is 3.26. The highest BCUT2D eigenvalue weighted by molar-refractivity contribution is 9.10. The summed E-state index contributed by atoms with van der Waals surface area (Å²) >= 11 is 4.70. The fraction of sp³-hybridized carbons (Fsp3) is 0.105. The minimum absolute atomic E-state index is 0.0493. The van der Waals surface area contributed by atoms with Crippen molar-refractivity contribution in [3.63, 3.8) is 0 Å². The van der Waals surface area contributed by atoms with Gasteiger partial charge in [-0.05, 0) is 12.1 Å². The van der Waals surface area contributed by atoms with Crippen LogP contribution in [0, 0.1) is 0 Å². The Kier molecular flexibility index (Phi) is 5.73. The summed E-state index contributed by atoms with van der Waals surface area (Å²) in [6, 6.07) is 16.9. The van der Waals surface area contributed by atoms with Crippen molar-refractivity contribution in [1.29, 1.82) is 0 Å². The predicted octanol–water partition coefficient (Wildman–Crippen LogP) is 5.17. The summed E-state index contributed by atoms with van der Waals surface area (Å²) in [5.41, 5.74) is 2.44. The lowest BCUT2D eigenvalue weighted by atomic mass is 10.1. The largest absolute Gasteiger partial charge is 0.302 e. The van der Waals surface area contributed by atoms with E-state index >= 15 is 0 Å². The van der Waals surface area contributed by atoms with E-state index in [4.69, 9.17) is 0 Å². The van der Waals surface area contributed by atoms with Crippen LogP contribution in [0.1, 0.15) is 23.2 Å². The Morgan fingerprint density at radius 3 is 2.44 bits per heavy atom. The predicted molar refractivity (Wildman–Crippen MR) is 104 cm³/mol. The van der Waals surface area contributed by atoms with E-state index in [1.54, 1.807) is 12.1 Å². The molecule has 126 valence electrons. The van der Waals surface area contributed by atoms with E-state index < -0.39 is 0 Å². The number of Topliss-reactive ketones (excluding diaryl/α,β-unsaturated/α-hetero) is 1. The van der Waals surface area contributed by atoms with Gasteiger partial charge >= 0.3 is 0 Å². The van der Waals surface area contributed by atoms with Gasteiger partial charge in [0, 0.05) is 33.8 Å². The molecule has 4 nitrogen and oxygen atoms in total. The number of benzene rings is 2. The molecule has 2 aromatic carbocycles. The third kappa shape index (κ3) is 4.84. The third-order valence-corrected chi connectivity index (χ3v) is 4.85. The normalized spacial score (nSPS) is 10.4. The molecule has 25 heavy (non-hydrogen) atoms. The highest BCUT2D eigenvalue weighted by atomic mass is 79.9.